The highest BCUT2D eigenvalue weighted by molar-refractivity contribution is 5.32. The van der Waals surface area contributed by atoms with Gasteiger partial charge in [0, 0.05) is 5.92 Å². The third-order valence-electron chi connectivity index (χ3n) is 3.01. The Bertz CT molecular complexity index is 474. The van der Waals surface area contributed by atoms with Gasteiger partial charge >= 0.3 is 0 Å². The first-order valence-corrected chi connectivity index (χ1v) is 6.14. The Morgan fingerprint density at radius 3 is 1.84 bits per heavy atom. The Hall–Kier alpha value is -2.36. The first-order valence-electron chi connectivity index (χ1n) is 6.14. The van der Waals surface area contributed by atoms with Gasteiger partial charge in [0.2, 0.25) is 0 Å². The molecule has 0 aliphatic carbocycles. The molecule has 0 amide bonds. The molecule has 98 valence electrons. The van der Waals surface area contributed by atoms with Crippen molar-refractivity contribution in [3.63, 3.8) is 0 Å². The summed E-state index contributed by atoms with van der Waals surface area (Å²) in [6, 6.07) is 19.9. The Morgan fingerprint density at radius 1 is 0.947 bits per heavy atom. The SMILES string of the molecule is O=[N+]([O-])OCCC(c1ccccc1)c1ccccc1. The van der Waals surface area contributed by atoms with Gasteiger partial charge in [0.1, 0.15) is 0 Å². The van der Waals surface area contributed by atoms with Crippen LogP contribution in [0.5, 0.6) is 0 Å². The summed E-state index contributed by atoms with van der Waals surface area (Å²) in [5.74, 6) is 0.113. The Kier molecular flexibility index (Phi) is 4.50. The fourth-order valence-corrected chi connectivity index (χ4v) is 2.14. The standard InChI is InChI=1S/C15H15NO3/c17-16(18)19-12-11-15(13-7-3-1-4-8-13)14-9-5-2-6-10-14/h1-10,15H,11-12H2. The number of hydrogen-bond acceptors (Lipinski definition) is 3. The van der Waals surface area contributed by atoms with E-state index in [4.69, 9.17) is 0 Å². The first-order chi connectivity index (χ1) is 9.27. The van der Waals surface area contributed by atoms with Gasteiger partial charge in [-0.15, -0.1) is 10.1 Å². The van der Waals surface area contributed by atoms with Crippen LogP contribution in [-0.4, -0.2) is 11.7 Å². The van der Waals surface area contributed by atoms with E-state index in [0.717, 1.165) is 11.1 Å². The van der Waals surface area contributed by atoms with Crippen molar-refractivity contribution < 1.29 is 9.92 Å². The van der Waals surface area contributed by atoms with Crippen LogP contribution in [0.1, 0.15) is 23.5 Å². The van der Waals surface area contributed by atoms with Gasteiger partial charge in [-0.2, -0.15) is 0 Å². The van der Waals surface area contributed by atoms with Crippen molar-refractivity contribution in [3.8, 4) is 0 Å². The Balaban J connectivity index is 2.17. The fraction of sp³-hybridized carbons (Fsp3) is 0.200. The number of hydrogen-bond donors (Lipinski definition) is 0. The molecule has 0 saturated carbocycles. The van der Waals surface area contributed by atoms with Gasteiger partial charge in [-0.05, 0) is 17.5 Å². The van der Waals surface area contributed by atoms with E-state index in [2.05, 4.69) is 4.84 Å². The summed E-state index contributed by atoms with van der Waals surface area (Å²) in [6.07, 6.45) is 0.578. The molecule has 0 fully saturated rings. The second kappa shape index (κ2) is 6.54. The molecule has 0 atom stereocenters. The lowest BCUT2D eigenvalue weighted by molar-refractivity contribution is -0.757. The minimum atomic E-state index is -0.743. The predicted molar refractivity (Wildman–Crippen MR) is 72.3 cm³/mol. The lowest BCUT2D eigenvalue weighted by Crippen LogP contribution is -2.08. The van der Waals surface area contributed by atoms with E-state index in [-0.39, 0.29) is 12.5 Å². The van der Waals surface area contributed by atoms with Gasteiger partial charge in [-0.3, -0.25) is 0 Å². The van der Waals surface area contributed by atoms with Crippen LogP contribution in [0.2, 0.25) is 0 Å². The van der Waals surface area contributed by atoms with Crippen molar-refractivity contribution in [2.24, 2.45) is 0 Å². The zero-order chi connectivity index (χ0) is 13.5. The number of benzene rings is 2. The highest BCUT2D eigenvalue weighted by atomic mass is 16.9. The third kappa shape index (κ3) is 3.81. The van der Waals surface area contributed by atoms with E-state index in [0.29, 0.717) is 6.42 Å². The van der Waals surface area contributed by atoms with Crippen molar-refractivity contribution in [1.82, 2.24) is 0 Å². The summed E-state index contributed by atoms with van der Waals surface area (Å²) in [4.78, 5) is 14.7. The molecular weight excluding hydrogens is 242 g/mol. The molecular formula is C15H15NO3. The monoisotopic (exact) mass is 257 g/mol. The average molecular weight is 257 g/mol. The summed E-state index contributed by atoms with van der Waals surface area (Å²) in [7, 11) is 0. The molecule has 0 spiro atoms. The third-order valence-corrected chi connectivity index (χ3v) is 3.01. The van der Waals surface area contributed by atoms with Crippen LogP contribution in [0.25, 0.3) is 0 Å². The summed E-state index contributed by atoms with van der Waals surface area (Å²) in [5.41, 5.74) is 2.28. The highest BCUT2D eigenvalue weighted by Gasteiger charge is 2.14. The first kappa shape index (κ1) is 13.1. The van der Waals surface area contributed by atoms with E-state index in [9.17, 15) is 10.1 Å². The van der Waals surface area contributed by atoms with Crippen molar-refractivity contribution in [2.45, 2.75) is 12.3 Å². The topological polar surface area (TPSA) is 52.4 Å². The van der Waals surface area contributed by atoms with Crippen molar-refractivity contribution in [3.05, 3.63) is 81.9 Å². The minimum absolute atomic E-state index is 0.0987. The molecule has 0 saturated heterocycles. The summed E-state index contributed by atoms with van der Waals surface area (Å²) < 4.78 is 0. The maximum Gasteiger partial charge on any atom is 0.294 e. The average Bonchev–Trinajstić information content (AvgIpc) is 2.45. The molecule has 19 heavy (non-hydrogen) atoms. The lowest BCUT2D eigenvalue weighted by Gasteiger charge is -2.17. The highest BCUT2D eigenvalue weighted by Crippen LogP contribution is 2.27. The fourth-order valence-electron chi connectivity index (χ4n) is 2.14. The second-order valence-corrected chi connectivity index (χ2v) is 4.22. The van der Waals surface area contributed by atoms with Gasteiger partial charge < -0.3 is 4.84 Å². The molecule has 0 N–H and O–H groups in total. The molecule has 0 unspecified atom stereocenters. The van der Waals surface area contributed by atoms with E-state index in [1.807, 2.05) is 60.7 Å². The Labute approximate surface area is 111 Å². The molecule has 2 aromatic carbocycles. The molecule has 4 nitrogen and oxygen atoms in total. The maximum absolute atomic E-state index is 10.2. The maximum atomic E-state index is 10.2. The molecule has 0 aromatic heterocycles. The molecule has 0 aliphatic rings. The predicted octanol–water partition coefficient (Wildman–Crippen LogP) is 3.42. The zero-order valence-corrected chi connectivity index (χ0v) is 10.4. The van der Waals surface area contributed by atoms with Crippen LogP contribution in [0, 0.1) is 10.1 Å². The smallest absolute Gasteiger partial charge is 0.294 e. The largest absolute Gasteiger partial charge is 0.314 e. The van der Waals surface area contributed by atoms with Gasteiger partial charge in [0.25, 0.3) is 5.09 Å². The molecule has 2 aromatic rings. The molecule has 0 heterocycles. The second-order valence-electron chi connectivity index (χ2n) is 4.22. The van der Waals surface area contributed by atoms with Crippen molar-refractivity contribution in [2.75, 3.05) is 6.61 Å². The lowest BCUT2D eigenvalue weighted by atomic mass is 9.89. The number of nitrogens with zero attached hydrogens (tertiary/aromatic N) is 1. The van der Waals surface area contributed by atoms with Crippen LogP contribution < -0.4 is 0 Å². The van der Waals surface area contributed by atoms with E-state index < -0.39 is 5.09 Å². The van der Waals surface area contributed by atoms with E-state index in [1.54, 1.807) is 0 Å². The Morgan fingerprint density at radius 2 is 1.42 bits per heavy atom. The van der Waals surface area contributed by atoms with Crippen LogP contribution in [0.15, 0.2) is 60.7 Å². The molecule has 0 radical (unpaired) electrons. The van der Waals surface area contributed by atoms with Gasteiger partial charge in [0.15, 0.2) is 0 Å². The minimum Gasteiger partial charge on any atom is -0.314 e. The van der Waals surface area contributed by atoms with Gasteiger partial charge in [0.05, 0.1) is 6.61 Å². The van der Waals surface area contributed by atoms with Crippen molar-refractivity contribution >= 4 is 0 Å². The summed E-state index contributed by atoms with van der Waals surface area (Å²) >= 11 is 0. The quantitative estimate of drug-likeness (QED) is 0.588. The van der Waals surface area contributed by atoms with E-state index in [1.165, 1.54) is 0 Å². The van der Waals surface area contributed by atoms with Crippen LogP contribution in [-0.2, 0) is 4.84 Å². The van der Waals surface area contributed by atoms with Gasteiger partial charge in [-0.25, -0.2) is 0 Å². The number of rotatable bonds is 6. The summed E-state index contributed by atoms with van der Waals surface area (Å²) in [6.45, 7) is 0.0987. The summed E-state index contributed by atoms with van der Waals surface area (Å²) in [5, 5.41) is 9.49. The molecule has 0 aliphatic heterocycles. The van der Waals surface area contributed by atoms with Gasteiger partial charge in [-0.1, -0.05) is 60.7 Å². The van der Waals surface area contributed by atoms with Crippen LogP contribution >= 0.6 is 0 Å². The molecule has 0 bridgehead atoms. The molecule has 4 heteroatoms. The van der Waals surface area contributed by atoms with Crippen LogP contribution in [0.3, 0.4) is 0 Å². The molecule has 2 rings (SSSR count). The van der Waals surface area contributed by atoms with Crippen LogP contribution in [0.4, 0.5) is 0 Å². The van der Waals surface area contributed by atoms with Crippen molar-refractivity contribution in [1.29, 1.82) is 0 Å². The van der Waals surface area contributed by atoms with E-state index >= 15 is 0 Å². The normalized spacial score (nSPS) is 10.4. The zero-order valence-electron chi connectivity index (χ0n) is 10.4.